The summed E-state index contributed by atoms with van der Waals surface area (Å²) in [4.78, 5) is 22.5. The Morgan fingerprint density at radius 3 is 2.61 bits per heavy atom. The number of rotatable bonds is 5. The lowest BCUT2D eigenvalue weighted by atomic mass is 10.2. The van der Waals surface area contributed by atoms with Gasteiger partial charge in [-0.15, -0.1) is 0 Å². The molecule has 0 aliphatic carbocycles. The predicted molar refractivity (Wildman–Crippen MR) is 86.4 cm³/mol. The molecule has 0 saturated carbocycles. The molecule has 5 nitrogen and oxygen atoms in total. The maximum atomic E-state index is 12.3. The topological polar surface area (TPSA) is 59.2 Å². The molecule has 116 valence electrons. The number of pyridine rings is 1. The Labute approximate surface area is 134 Å². The van der Waals surface area contributed by atoms with E-state index in [2.05, 4.69) is 9.97 Å². The van der Waals surface area contributed by atoms with Crippen LogP contribution in [0.15, 0.2) is 65.4 Å². The number of hydrogen-bond donors (Lipinski definition) is 0. The smallest absolute Gasteiger partial charge is 0.228 e. The number of hydrogen-bond acceptors (Lipinski definition) is 4. The third kappa shape index (κ3) is 3.83. The third-order valence-electron chi connectivity index (χ3n) is 3.46. The molecule has 2 heterocycles. The van der Waals surface area contributed by atoms with Crippen LogP contribution in [0.5, 0.6) is 0 Å². The van der Waals surface area contributed by atoms with Gasteiger partial charge in [0, 0.05) is 18.8 Å². The minimum atomic E-state index is -0.0245. The molecule has 0 unspecified atom stereocenters. The maximum absolute atomic E-state index is 12.3. The minimum Gasteiger partial charge on any atom is -0.444 e. The van der Waals surface area contributed by atoms with E-state index in [4.69, 9.17) is 4.42 Å². The van der Waals surface area contributed by atoms with E-state index in [0.29, 0.717) is 18.1 Å². The molecule has 0 fully saturated rings. The average Bonchev–Trinajstić information content (AvgIpc) is 3.05. The van der Waals surface area contributed by atoms with Crippen LogP contribution in [-0.2, 0) is 17.8 Å². The van der Waals surface area contributed by atoms with Crippen LogP contribution in [0.3, 0.4) is 0 Å². The third-order valence-corrected chi connectivity index (χ3v) is 3.46. The molecule has 1 aromatic carbocycles. The van der Waals surface area contributed by atoms with Gasteiger partial charge in [-0.05, 0) is 24.3 Å². The highest BCUT2D eigenvalue weighted by atomic mass is 16.3. The zero-order valence-corrected chi connectivity index (χ0v) is 12.8. The number of nitrogens with zero attached hydrogens (tertiary/aromatic N) is 3. The van der Waals surface area contributed by atoms with E-state index in [0.717, 1.165) is 11.3 Å². The first-order chi connectivity index (χ1) is 11.2. The van der Waals surface area contributed by atoms with Crippen LogP contribution < -0.4 is 0 Å². The van der Waals surface area contributed by atoms with Crippen LogP contribution in [0.4, 0.5) is 0 Å². The summed E-state index contributed by atoms with van der Waals surface area (Å²) in [6.07, 6.45) is 3.46. The summed E-state index contributed by atoms with van der Waals surface area (Å²) in [5, 5.41) is 0. The van der Waals surface area contributed by atoms with Crippen molar-refractivity contribution in [2.75, 3.05) is 7.05 Å². The molecule has 0 radical (unpaired) electrons. The van der Waals surface area contributed by atoms with Gasteiger partial charge in [0.25, 0.3) is 0 Å². The number of carbonyl (C=O) groups is 1. The molecule has 0 aliphatic heterocycles. The van der Waals surface area contributed by atoms with Crippen LogP contribution in [0.2, 0.25) is 0 Å². The van der Waals surface area contributed by atoms with E-state index in [-0.39, 0.29) is 12.3 Å². The summed E-state index contributed by atoms with van der Waals surface area (Å²) in [6.45, 7) is 0.475. The monoisotopic (exact) mass is 307 g/mol. The van der Waals surface area contributed by atoms with Crippen molar-refractivity contribution in [3.05, 3.63) is 72.4 Å². The molecular weight excluding hydrogens is 290 g/mol. The molecule has 0 aliphatic rings. The van der Waals surface area contributed by atoms with Crippen molar-refractivity contribution in [1.82, 2.24) is 14.9 Å². The molecule has 2 aromatic heterocycles. The van der Waals surface area contributed by atoms with Gasteiger partial charge >= 0.3 is 0 Å². The molecule has 0 saturated heterocycles. The van der Waals surface area contributed by atoms with E-state index in [1.165, 1.54) is 6.26 Å². The van der Waals surface area contributed by atoms with Crippen molar-refractivity contribution < 1.29 is 9.21 Å². The van der Waals surface area contributed by atoms with Crippen LogP contribution in [0.1, 0.15) is 11.4 Å². The first-order valence-electron chi connectivity index (χ1n) is 7.36. The standard InChI is InChI=1S/C18H17N3O2/c1-21(12-15-9-5-6-10-19-15)17(22)11-16-13-23-18(20-16)14-7-3-2-4-8-14/h2-10,13H,11-12H2,1H3. The summed E-state index contributed by atoms with van der Waals surface area (Å²) in [6, 6.07) is 15.3. The lowest BCUT2D eigenvalue weighted by Gasteiger charge is -2.15. The summed E-state index contributed by atoms with van der Waals surface area (Å²) < 4.78 is 5.46. The minimum absolute atomic E-state index is 0.0245. The molecule has 0 spiro atoms. The van der Waals surface area contributed by atoms with E-state index >= 15 is 0 Å². The second-order valence-electron chi connectivity index (χ2n) is 5.26. The SMILES string of the molecule is CN(Cc1ccccn1)C(=O)Cc1coc(-c2ccccc2)n1. The molecule has 3 aromatic rings. The van der Waals surface area contributed by atoms with Crippen LogP contribution >= 0.6 is 0 Å². The Balaban J connectivity index is 1.63. The number of benzene rings is 1. The first-order valence-corrected chi connectivity index (χ1v) is 7.36. The highest BCUT2D eigenvalue weighted by Gasteiger charge is 2.14. The van der Waals surface area contributed by atoms with Gasteiger partial charge in [-0.1, -0.05) is 24.3 Å². The second kappa shape index (κ2) is 6.87. The van der Waals surface area contributed by atoms with Crippen molar-refractivity contribution >= 4 is 5.91 Å². The highest BCUT2D eigenvalue weighted by Crippen LogP contribution is 2.18. The fourth-order valence-corrected chi connectivity index (χ4v) is 2.21. The molecule has 0 atom stereocenters. The number of carbonyl (C=O) groups excluding carboxylic acids is 1. The Morgan fingerprint density at radius 2 is 1.87 bits per heavy atom. The van der Waals surface area contributed by atoms with Crippen molar-refractivity contribution in [3.8, 4) is 11.5 Å². The quantitative estimate of drug-likeness (QED) is 0.727. The summed E-state index contributed by atoms with van der Waals surface area (Å²) in [7, 11) is 1.76. The normalized spacial score (nSPS) is 10.5. The van der Waals surface area contributed by atoms with Crippen molar-refractivity contribution in [3.63, 3.8) is 0 Å². The number of aromatic nitrogens is 2. The molecule has 1 amide bonds. The van der Waals surface area contributed by atoms with Crippen LogP contribution in [0.25, 0.3) is 11.5 Å². The summed E-state index contributed by atoms with van der Waals surface area (Å²) in [5.74, 6) is 0.504. The van der Waals surface area contributed by atoms with Crippen LogP contribution in [0, 0.1) is 0 Å². The average molecular weight is 307 g/mol. The molecule has 0 bridgehead atoms. The predicted octanol–water partition coefficient (Wildman–Crippen LogP) is 2.94. The van der Waals surface area contributed by atoms with E-state index in [1.54, 1.807) is 18.1 Å². The lowest BCUT2D eigenvalue weighted by Crippen LogP contribution is -2.28. The van der Waals surface area contributed by atoms with Gasteiger partial charge in [0.05, 0.1) is 24.4 Å². The fraction of sp³-hybridized carbons (Fsp3) is 0.167. The van der Waals surface area contributed by atoms with Crippen molar-refractivity contribution in [1.29, 1.82) is 0 Å². The first kappa shape index (κ1) is 15.0. The lowest BCUT2D eigenvalue weighted by molar-refractivity contribution is -0.129. The Morgan fingerprint density at radius 1 is 1.09 bits per heavy atom. The summed E-state index contributed by atoms with van der Waals surface area (Å²) >= 11 is 0. The van der Waals surface area contributed by atoms with E-state index < -0.39 is 0 Å². The molecule has 5 heteroatoms. The molecule has 23 heavy (non-hydrogen) atoms. The van der Waals surface area contributed by atoms with Gasteiger partial charge in [0.2, 0.25) is 11.8 Å². The largest absolute Gasteiger partial charge is 0.444 e. The summed E-state index contributed by atoms with van der Waals surface area (Å²) in [5.41, 5.74) is 2.38. The van der Waals surface area contributed by atoms with Crippen molar-refractivity contribution in [2.24, 2.45) is 0 Å². The van der Waals surface area contributed by atoms with Gasteiger partial charge < -0.3 is 9.32 Å². The second-order valence-corrected chi connectivity index (χ2v) is 5.26. The van der Waals surface area contributed by atoms with E-state index in [9.17, 15) is 4.79 Å². The van der Waals surface area contributed by atoms with Crippen molar-refractivity contribution in [2.45, 2.75) is 13.0 Å². The van der Waals surface area contributed by atoms with Gasteiger partial charge in [-0.2, -0.15) is 0 Å². The zero-order valence-electron chi connectivity index (χ0n) is 12.8. The maximum Gasteiger partial charge on any atom is 0.228 e. The highest BCUT2D eigenvalue weighted by molar-refractivity contribution is 5.78. The fourth-order valence-electron chi connectivity index (χ4n) is 2.21. The zero-order chi connectivity index (χ0) is 16.1. The van der Waals surface area contributed by atoms with Gasteiger partial charge in [0.15, 0.2) is 0 Å². The van der Waals surface area contributed by atoms with Gasteiger partial charge in [-0.25, -0.2) is 4.98 Å². The number of oxazole rings is 1. The van der Waals surface area contributed by atoms with Gasteiger partial charge in [0.1, 0.15) is 6.26 Å². The Kier molecular flexibility index (Phi) is 4.47. The molecular formula is C18H17N3O2. The molecule has 0 N–H and O–H groups in total. The molecule has 3 rings (SSSR count). The number of likely N-dealkylation sites (N-methyl/N-ethyl adjacent to an activating group) is 1. The van der Waals surface area contributed by atoms with Gasteiger partial charge in [-0.3, -0.25) is 9.78 Å². The Hall–Kier alpha value is -2.95. The van der Waals surface area contributed by atoms with Crippen LogP contribution in [-0.4, -0.2) is 27.8 Å². The number of amides is 1. The van der Waals surface area contributed by atoms with E-state index in [1.807, 2.05) is 48.5 Å². The Bertz CT molecular complexity index is 769.